The molecule has 1 aliphatic heterocycles. The van der Waals surface area contributed by atoms with Gasteiger partial charge in [0.1, 0.15) is 10.4 Å². The number of hydrogen-bond acceptors (Lipinski definition) is 4. The zero-order chi connectivity index (χ0) is 17.3. The Morgan fingerprint density at radius 3 is 2.71 bits per heavy atom. The van der Waals surface area contributed by atoms with E-state index in [1.54, 1.807) is 19.1 Å². The molecule has 3 rings (SSSR count). The molecule has 8 heteroatoms. The number of aromatic nitrogens is 1. The highest BCUT2D eigenvalue weighted by Gasteiger charge is 2.30. The number of aryl methyl sites for hydroxylation is 1. The van der Waals surface area contributed by atoms with Gasteiger partial charge in [-0.05, 0) is 47.1 Å². The van der Waals surface area contributed by atoms with Crippen LogP contribution in [-0.4, -0.2) is 9.60 Å². The van der Waals surface area contributed by atoms with E-state index in [-0.39, 0.29) is 17.7 Å². The number of benzene rings is 1. The van der Waals surface area contributed by atoms with Crippen LogP contribution in [0.3, 0.4) is 0 Å². The third-order valence-corrected chi connectivity index (χ3v) is 3.88. The molecular formula is C16H12BrF3N2O2. The van der Waals surface area contributed by atoms with Gasteiger partial charge >= 0.3 is 6.18 Å². The number of nitrogens with zero attached hydrogens (tertiary/aromatic N) is 2. The molecule has 0 bridgehead atoms. The van der Waals surface area contributed by atoms with E-state index in [1.165, 1.54) is 12.1 Å². The lowest BCUT2D eigenvalue weighted by Crippen LogP contribution is -2.05. The smallest absolute Gasteiger partial charge is 0.416 e. The molecule has 1 aliphatic rings. The van der Waals surface area contributed by atoms with Crippen molar-refractivity contribution in [3.8, 4) is 11.6 Å². The van der Waals surface area contributed by atoms with Crippen molar-refractivity contribution in [3.05, 3.63) is 53.2 Å². The van der Waals surface area contributed by atoms with Crippen molar-refractivity contribution in [3.63, 3.8) is 0 Å². The van der Waals surface area contributed by atoms with Crippen LogP contribution in [0.25, 0.3) is 0 Å². The van der Waals surface area contributed by atoms with Crippen molar-refractivity contribution in [2.24, 2.45) is 5.16 Å². The van der Waals surface area contributed by atoms with Crippen molar-refractivity contribution in [2.45, 2.75) is 25.6 Å². The summed E-state index contributed by atoms with van der Waals surface area (Å²) in [4.78, 5) is 9.59. The number of pyridine rings is 1. The number of alkyl halides is 3. The van der Waals surface area contributed by atoms with Crippen LogP contribution in [0, 0.1) is 6.92 Å². The Bertz CT molecular complexity index is 793. The van der Waals surface area contributed by atoms with Gasteiger partial charge < -0.3 is 9.57 Å². The summed E-state index contributed by atoms with van der Waals surface area (Å²) in [5.41, 5.74) is 0.528. The first-order valence-corrected chi connectivity index (χ1v) is 7.83. The van der Waals surface area contributed by atoms with Crippen LogP contribution in [0.2, 0.25) is 0 Å². The number of rotatable bonds is 3. The molecule has 126 valence electrons. The minimum absolute atomic E-state index is 0.0716. The van der Waals surface area contributed by atoms with Crippen molar-refractivity contribution in [1.29, 1.82) is 0 Å². The molecule has 0 unspecified atom stereocenters. The van der Waals surface area contributed by atoms with Crippen LogP contribution < -0.4 is 4.74 Å². The topological polar surface area (TPSA) is 43.7 Å². The number of ether oxygens (including phenoxy) is 1. The van der Waals surface area contributed by atoms with Crippen LogP contribution in [0.4, 0.5) is 13.2 Å². The maximum atomic E-state index is 12.8. The van der Waals surface area contributed by atoms with Crippen LogP contribution in [0.15, 0.2) is 41.6 Å². The van der Waals surface area contributed by atoms with Crippen LogP contribution in [0.1, 0.15) is 29.3 Å². The van der Waals surface area contributed by atoms with E-state index >= 15 is 0 Å². The molecule has 0 fully saturated rings. The van der Waals surface area contributed by atoms with Gasteiger partial charge in [0.25, 0.3) is 0 Å². The summed E-state index contributed by atoms with van der Waals surface area (Å²) in [6.45, 7) is 1.77. The molecule has 0 N–H and O–H groups in total. The Balaban J connectivity index is 1.85. The van der Waals surface area contributed by atoms with E-state index in [4.69, 9.17) is 9.57 Å². The predicted molar refractivity (Wildman–Crippen MR) is 85.3 cm³/mol. The van der Waals surface area contributed by atoms with E-state index in [0.717, 1.165) is 12.1 Å². The zero-order valence-corrected chi connectivity index (χ0v) is 14.1. The molecule has 0 radical (unpaired) electrons. The van der Waals surface area contributed by atoms with Gasteiger partial charge in [0.2, 0.25) is 5.88 Å². The fourth-order valence-corrected chi connectivity index (χ4v) is 2.54. The maximum absolute atomic E-state index is 12.8. The Labute approximate surface area is 144 Å². The molecule has 4 nitrogen and oxygen atoms in total. The predicted octanol–water partition coefficient (Wildman–Crippen LogP) is 5.37. The van der Waals surface area contributed by atoms with Gasteiger partial charge in [-0.25, -0.2) is 4.98 Å². The second kappa shape index (κ2) is 6.43. The van der Waals surface area contributed by atoms with Gasteiger partial charge in [0.05, 0.1) is 11.3 Å². The summed E-state index contributed by atoms with van der Waals surface area (Å²) in [6.07, 6.45) is -4.23. The molecule has 0 saturated carbocycles. The van der Waals surface area contributed by atoms with Crippen LogP contribution in [-0.2, 0) is 11.0 Å². The van der Waals surface area contributed by atoms with E-state index in [2.05, 4.69) is 26.1 Å². The Morgan fingerprint density at radius 2 is 2.04 bits per heavy atom. The molecule has 0 saturated heterocycles. The summed E-state index contributed by atoms with van der Waals surface area (Å²) in [6, 6.07) is 8.24. The second-order valence-corrected chi connectivity index (χ2v) is 6.17. The second-order valence-electron chi connectivity index (χ2n) is 5.25. The average Bonchev–Trinajstić information content (AvgIpc) is 2.95. The van der Waals surface area contributed by atoms with Gasteiger partial charge in [-0.15, -0.1) is 0 Å². The molecular weight excluding hydrogens is 389 g/mol. The molecule has 1 aromatic carbocycles. The van der Waals surface area contributed by atoms with E-state index < -0.39 is 11.7 Å². The Morgan fingerprint density at radius 1 is 1.25 bits per heavy atom. The lowest BCUT2D eigenvalue weighted by molar-refractivity contribution is -0.137. The molecule has 0 aliphatic carbocycles. The third kappa shape index (κ3) is 3.69. The lowest BCUT2D eigenvalue weighted by Gasteiger charge is -2.13. The first-order chi connectivity index (χ1) is 11.3. The summed E-state index contributed by atoms with van der Waals surface area (Å²) >= 11 is 3.25. The molecule has 24 heavy (non-hydrogen) atoms. The first kappa shape index (κ1) is 16.8. The van der Waals surface area contributed by atoms with Crippen LogP contribution >= 0.6 is 15.9 Å². The minimum atomic E-state index is -4.43. The summed E-state index contributed by atoms with van der Waals surface area (Å²) < 4.78 is 44.6. The first-order valence-electron chi connectivity index (χ1n) is 7.04. The van der Waals surface area contributed by atoms with Crippen molar-refractivity contribution >= 4 is 20.6 Å². The number of halogens is 4. The molecule has 1 atom stereocenters. The van der Waals surface area contributed by atoms with Crippen LogP contribution in [0.5, 0.6) is 11.6 Å². The number of oxime groups is 1. The van der Waals surface area contributed by atoms with Gasteiger partial charge in [-0.1, -0.05) is 17.3 Å². The van der Waals surface area contributed by atoms with Crippen molar-refractivity contribution < 1.29 is 22.7 Å². The third-order valence-electron chi connectivity index (χ3n) is 3.41. The molecule has 2 heterocycles. The zero-order valence-electron chi connectivity index (χ0n) is 12.5. The van der Waals surface area contributed by atoms with Gasteiger partial charge in [-0.3, -0.25) is 0 Å². The monoisotopic (exact) mass is 400 g/mol. The Kier molecular flexibility index (Phi) is 4.49. The normalized spacial score (nSPS) is 17.4. The standard InChI is InChI=1S/C16H12BrF3N2O2/c1-9-5-6-12(13-8-14(17)22-24-13)21-15(9)23-11-4-2-3-10(7-11)16(18,19)20/h2-7,13H,8H2,1H3/t13-/m0/s1. The van der Waals surface area contributed by atoms with Crippen molar-refractivity contribution in [1.82, 2.24) is 4.98 Å². The highest BCUT2D eigenvalue weighted by atomic mass is 79.9. The highest BCUT2D eigenvalue weighted by molar-refractivity contribution is 9.18. The SMILES string of the molecule is Cc1ccc([C@@H]2CC(Br)=NO2)nc1Oc1cccc(C(F)(F)F)c1. The summed E-state index contributed by atoms with van der Waals surface area (Å²) in [5.74, 6) is 0.306. The fourth-order valence-electron chi connectivity index (χ4n) is 2.16. The molecule has 0 spiro atoms. The summed E-state index contributed by atoms with van der Waals surface area (Å²) in [5, 5.41) is 3.80. The fraction of sp³-hybridized carbons (Fsp3) is 0.250. The largest absolute Gasteiger partial charge is 0.439 e. The maximum Gasteiger partial charge on any atom is 0.416 e. The molecule has 2 aromatic rings. The van der Waals surface area contributed by atoms with E-state index in [0.29, 0.717) is 22.3 Å². The van der Waals surface area contributed by atoms with Gasteiger partial charge in [0.15, 0.2) is 6.10 Å². The highest BCUT2D eigenvalue weighted by Crippen LogP contribution is 2.34. The summed E-state index contributed by atoms with van der Waals surface area (Å²) in [7, 11) is 0. The lowest BCUT2D eigenvalue weighted by atomic mass is 10.1. The average molecular weight is 401 g/mol. The molecule has 1 aromatic heterocycles. The van der Waals surface area contributed by atoms with Gasteiger partial charge in [0, 0.05) is 12.0 Å². The molecule has 0 amide bonds. The van der Waals surface area contributed by atoms with E-state index in [9.17, 15) is 13.2 Å². The number of hydrogen-bond donors (Lipinski definition) is 0. The quantitative estimate of drug-likeness (QED) is 0.695. The Hall–Kier alpha value is -2.09. The minimum Gasteiger partial charge on any atom is -0.439 e. The van der Waals surface area contributed by atoms with E-state index in [1.807, 2.05) is 0 Å². The van der Waals surface area contributed by atoms with Gasteiger partial charge in [-0.2, -0.15) is 13.2 Å². The van der Waals surface area contributed by atoms with Crippen molar-refractivity contribution in [2.75, 3.05) is 0 Å².